The summed E-state index contributed by atoms with van der Waals surface area (Å²) in [7, 11) is 4.20. The lowest BCUT2D eigenvalue weighted by molar-refractivity contribution is 0.242. The fraction of sp³-hybridized carbons (Fsp3) is 0.600. The highest BCUT2D eigenvalue weighted by Gasteiger charge is 2.15. The highest BCUT2D eigenvalue weighted by molar-refractivity contribution is 9.10. The minimum Gasteiger partial charge on any atom is -0.308 e. The van der Waals surface area contributed by atoms with Gasteiger partial charge in [-0.15, -0.1) is 0 Å². The first-order valence-electron chi connectivity index (χ1n) is 7.30. The van der Waals surface area contributed by atoms with Gasteiger partial charge in [-0.05, 0) is 56.5 Å². The van der Waals surface area contributed by atoms with E-state index in [0.717, 1.165) is 53.6 Å². The molecule has 2 aromatic rings. The van der Waals surface area contributed by atoms with Crippen molar-refractivity contribution in [2.75, 3.05) is 33.7 Å². The molecule has 0 aliphatic rings. The zero-order valence-electron chi connectivity index (χ0n) is 13.5. The fourth-order valence-electron chi connectivity index (χ4n) is 2.38. The summed E-state index contributed by atoms with van der Waals surface area (Å²) in [6.45, 7) is 10.2. The molecule has 0 atom stereocenters. The average molecular weight is 354 g/mol. The van der Waals surface area contributed by atoms with E-state index in [1.54, 1.807) is 0 Å². The quantitative estimate of drug-likeness (QED) is 0.799. The van der Waals surface area contributed by atoms with Crippen LogP contribution in [0.1, 0.15) is 24.0 Å². The zero-order chi connectivity index (χ0) is 15.6. The molecule has 5 nitrogen and oxygen atoms in total. The van der Waals surface area contributed by atoms with Crippen molar-refractivity contribution < 1.29 is 0 Å². The van der Waals surface area contributed by atoms with Gasteiger partial charge in [0.15, 0.2) is 0 Å². The van der Waals surface area contributed by atoms with E-state index in [2.05, 4.69) is 69.1 Å². The van der Waals surface area contributed by atoms with Gasteiger partial charge in [-0.25, -0.2) is 9.97 Å². The second-order valence-corrected chi connectivity index (χ2v) is 6.45. The Kier molecular flexibility index (Phi) is 5.35. The van der Waals surface area contributed by atoms with Gasteiger partial charge in [0.2, 0.25) is 5.78 Å². The summed E-state index contributed by atoms with van der Waals surface area (Å²) in [6.07, 6.45) is 0. The first-order valence-corrected chi connectivity index (χ1v) is 8.09. The Labute approximate surface area is 135 Å². The highest BCUT2D eigenvalue weighted by Crippen LogP contribution is 2.21. The van der Waals surface area contributed by atoms with Crippen LogP contribution in [0.15, 0.2) is 10.7 Å². The first kappa shape index (κ1) is 16.4. The molecule has 6 heteroatoms. The van der Waals surface area contributed by atoms with E-state index >= 15 is 0 Å². The Hall–Kier alpha value is -0.980. The second kappa shape index (κ2) is 6.85. The molecule has 0 radical (unpaired) electrons. The highest BCUT2D eigenvalue weighted by atomic mass is 79.9. The van der Waals surface area contributed by atoms with Crippen molar-refractivity contribution in [2.24, 2.45) is 0 Å². The Morgan fingerprint density at radius 3 is 2.52 bits per heavy atom. The van der Waals surface area contributed by atoms with E-state index in [0.29, 0.717) is 0 Å². The van der Waals surface area contributed by atoms with Crippen LogP contribution >= 0.6 is 15.9 Å². The number of aryl methyl sites for hydroxylation is 2. The molecule has 0 aliphatic heterocycles. The van der Waals surface area contributed by atoms with E-state index in [1.807, 2.05) is 6.92 Å². The predicted molar refractivity (Wildman–Crippen MR) is 89.7 cm³/mol. The summed E-state index contributed by atoms with van der Waals surface area (Å²) in [4.78, 5) is 13.8. The van der Waals surface area contributed by atoms with Crippen LogP contribution in [0.2, 0.25) is 0 Å². The lowest BCUT2D eigenvalue weighted by Crippen LogP contribution is -2.31. The molecular formula is C15H24BrN5. The number of fused-ring (bicyclic) bond motifs is 1. The monoisotopic (exact) mass is 353 g/mol. The molecule has 21 heavy (non-hydrogen) atoms. The van der Waals surface area contributed by atoms with Crippen molar-refractivity contribution in [1.29, 1.82) is 0 Å². The molecule has 0 unspecified atom stereocenters. The third kappa shape index (κ3) is 3.81. The number of halogens is 1. The van der Waals surface area contributed by atoms with E-state index in [9.17, 15) is 0 Å². The van der Waals surface area contributed by atoms with Crippen molar-refractivity contribution in [1.82, 2.24) is 24.2 Å². The van der Waals surface area contributed by atoms with Gasteiger partial charge in [0.25, 0.3) is 0 Å². The van der Waals surface area contributed by atoms with E-state index < -0.39 is 0 Å². The molecule has 0 bridgehead atoms. The number of aromatic nitrogens is 3. The molecule has 116 valence electrons. The van der Waals surface area contributed by atoms with Crippen molar-refractivity contribution >= 4 is 21.7 Å². The van der Waals surface area contributed by atoms with Gasteiger partial charge in [-0.3, -0.25) is 9.30 Å². The Balaban J connectivity index is 2.25. The SMILES string of the molecule is CCN(CCN(C)C)Cc1nc2nc(C)cc(C)n2c1Br. The summed E-state index contributed by atoms with van der Waals surface area (Å²) in [6, 6.07) is 2.08. The molecule has 0 aromatic carbocycles. The van der Waals surface area contributed by atoms with Crippen LogP contribution in [0.4, 0.5) is 0 Å². The number of hydrogen-bond acceptors (Lipinski definition) is 4. The number of hydrogen-bond donors (Lipinski definition) is 0. The van der Waals surface area contributed by atoms with Gasteiger partial charge in [0.1, 0.15) is 4.60 Å². The number of rotatable bonds is 6. The van der Waals surface area contributed by atoms with E-state index in [4.69, 9.17) is 4.98 Å². The second-order valence-electron chi connectivity index (χ2n) is 5.70. The minimum absolute atomic E-state index is 0.776. The Morgan fingerprint density at radius 2 is 1.90 bits per heavy atom. The lowest BCUT2D eigenvalue weighted by Gasteiger charge is -2.21. The maximum absolute atomic E-state index is 4.70. The van der Waals surface area contributed by atoms with Crippen LogP contribution in [0.25, 0.3) is 5.78 Å². The third-order valence-corrected chi connectivity index (χ3v) is 4.41. The van der Waals surface area contributed by atoms with Gasteiger partial charge in [-0.2, -0.15) is 0 Å². The molecule has 0 saturated carbocycles. The molecule has 2 rings (SSSR count). The Morgan fingerprint density at radius 1 is 1.19 bits per heavy atom. The zero-order valence-corrected chi connectivity index (χ0v) is 15.1. The predicted octanol–water partition coefficient (Wildman–Crippen LogP) is 2.49. The smallest absolute Gasteiger partial charge is 0.235 e. The van der Waals surface area contributed by atoms with Gasteiger partial charge in [-0.1, -0.05) is 6.92 Å². The molecule has 0 fully saturated rings. The Bertz CT molecular complexity index is 620. The van der Waals surface area contributed by atoms with Crippen molar-refractivity contribution in [3.05, 3.63) is 27.8 Å². The molecule has 0 N–H and O–H groups in total. The first-order chi connectivity index (χ1) is 9.92. The molecule has 0 aliphatic carbocycles. The van der Waals surface area contributed by atoms with Crippen molar-refractivity contribution in [3.8, 4) is 0 Å². The van der Waals surface area contributed by atoms with Crippen LogP contribution in [0, 0.1) is 13.8 Å². The van der Waals surface area contributed by atoms with Crippen LogP contribution in [0.5, 0.6) is 0 Å². The number of imidazole rings is 1. The topological polar surface area (TPSA) is 36.7 Å². The molecule has 2 heterocycles. The summed E-state index contributed by atoms with van der Waals surface area (Å²) in [5, 5.41) is 0. The van der Waals surface area contributed by atoms with E-state index in [1.165, 1.54) is 0 Å². The van der Waals surface area contributed by atoms with Crippen molar-refractivity contribution in [2.45, 2.75) is 27.3 Å². The molecule has 0 amide bonds. The third-order valence-electron chi connectivity index (χ3n) is 3.60. The fourth-order valence-corrected chi connectivity index (χ4v) is 3.03. The summed E-state index contributed by atoms with van der Waals surface area (Å²) in [5.74, 6) is 0.776. The normalized spacial score (nSPS) is 12.0. The molecular weight excluding hydrogens is 330 g/mol. The number of likely N-dealkylation sites (N-methyl/N-ethyl adjacent to an activating group) is 2. The molecule has 0 spiro atoms. The van der Waals surface area contributed by atoms with Crippen LogP contribution < -0.4 is 0 Å². The molecule has 0 saturated heterocycles. The van der Waals surface area contributed by atoms with Gasteiger partial charge >= 0.3 is 0 Å². The van der Waals surface area contributed by atoms with Crippen LogP contribution in [0.3, 0.4) is 0 Å². The maximum atomic E-state index is 4.70. The largest absolute Gasteiger partial charge is 0.308 e. The average Bonchev–Trinajstić information content (AvgIpc) is 2.70. The summed E-state index contributed by atoms with van der Waals surface area (Å²) in [5.41, 5.74) is 3.21. The summed E-state index contributed by atoms with van der Waals surface area (Å²) < 4.78 is 3.09. The lowest BCUT2D eigenvalue weighted by atomic mass is 10.3. The van der Waals surface area contributed by atoms with Crippen molar-refractivity contribution in [3.63, 3.8) is 0 Å². The number of nitrogens with zero attached hydrogens (tertiary/aromatic N) is 5. The summed E-state index contributed by atoms with van der Waals surface area (Å²) >= 11 is 3.69. The van der Waals surface area contributed by atoms with Gasteiger partial charge < -0.3 is 4.90 Å². The van der Waals surface area contributed by atoms with Crippen LogP contribution in [-0.4, -0.2) is 57.9 Å². The van der Waals surface area contributed by atoms with E-state index in [-0.39, 0.29) is 0 Å². The molecule has 2 aromatic heterocycles. The standard InChI is InChI=1S/C15H24BrN5/c1-6-20(8-7-19(4)5)10-13-14(16)21-12(3)9-11(2)17-15(21)18-13/h9H,6-8,10H2,1-5H3. The van der Waals surface area contributed by atoms with Crippen LogP contribution in [-0.2, 0) is 6.54 Å². The van der Waals surface area contributed by atoms with Gasteiger partial charge in [0.05, 0.1) is 5.69 Å². The van der Waals surface area contributed by atoms with Gasteiger partial charge in [0, 0.05) is 31.0 Å². The maximum Gasteiger partial charge on any atom is 0.235 e. The minimum atomic E-state index is 0.776.